The van der Waals surface area contributed by atoms with Crippen molar-refractivity contribution in [1.82, 2.24) is 10.1 Å². The van der Waals surface area contributed by atoms with E-state index >= 15 is 0 Å². The fraction of sp³-hybridized carbons (Fsp3) is 0.636. The van der Waals surface area contributed by atoms with Gasteiger partial charge in [0.05, 0.1) is 6.54 Å². The predicted octanol–water partition coefficient (Wildman–Crippen LogP) is 1.01. The molecule has 0 aliphatic carbocycles. The molecule has 0 aromatic carbocycles. The van der Waals surface area contributed by atoms with Gasteiger partial charge in [-0.2, -0.15) is 0 Å². The first-order chi connectivity index (χ1) is 7.65. The summed E-state index contributed by atoms with van der Waals surface area (Å²) in [7, 11) is 0. The lowest BCUT2D eigenvalue weighted by molar-refractivity contribution is 0.0991. The molecule has 2 rings (SSSR count). The molecule has 1 unspecified atom stereocenters. The molecule has 1 fully saturated rings. The van der Waals surface area contributed by atoms with Crippen molar-refractivity contribution in [2.24, 2.45) is 11.7 Å². The van der Waals surface area contributed by atoms with Crippen LogP contribution in [0.1, 0.15) is 36.0 Å². The standard InChI is InChI=1S/C11H17N3O2/c1-8-3-2-4-14(6-8)7-9-5-10(11(12)15)13-16-9/h5,8H,2-4,6-7H2,1H3,(H2,12,15). The molecular weight excluding hydrogens is 206 g/mol. The number of likely N-dealkylation sites (tertiary alicyclic amines) is 1. The zero-order valence-corrected chi connectivity index (χ0v) is 9.48. The summed E-state index contributed by atoms with van der Waals surface area (Å²) in [4.78, 5) is 13.2. The molecule has 0 bridgehead atoms. The predicted molar refractivity (Wildman–Crippen MR) is 58.7 cm³/mol. The molecule has 1 atom stereocenters. The number of nitrogens with zero attached hydrogens (tertiary/aromatic N) is 2. The number of nitrogens with two attached hydrogens (primary N) is 1. The van der Waals surface area contributed by atoms with Crippen LogP contribution in [0, 0.1) is 5.92 Å². The van der Waals surface area contributed by atoms with Crippen LogP contribution in [0.2, 0.25) is 0 Å². The third-order valence-corrected chi connectivity index (χ3v) is 2.93. The minimum Gasteiger partial charge on any atom is -0.364 e. The summed E-state index contributed by atoms with van der Waals surface area (Å²) in [5.74, 6) is 0.900. The zero-order chi connectivity index (χ0) is 11.5. The molecule has 5 nitrogen and oxygen atoms in total. The molecule has 5 heteroatoms. The number of hydrogen-bond donors (Lipinski definition) is 1. The minimum atomic E-state index is -0.540. The Balaban J connectivity index is 1.95. The smallest absolute Gasteiger partial charge is 0.270 e. The van der Waals surface area contributed by atoms with Gasteiger partial charge in [0.15, 0.2) is 11.5 Å². The minimum absolute atomic E-state index is 0.208. The van der Waals surface area contributed by atoms with Crippen molar-refractivity contribution in [3.05, 3.63) is 17.5 Å². The van der Waals surface area contributed by atoms with E-state index in [0.29, 0.717) is 12.3 Å². The third kappa shape index (κ3) is 2.61. The van der Waals surface area contributed by atoms with E-state index in [2.05, 4.69) is 17.0 Å². The molecule has 0 spiro atoms. The van der Waals surface area contributed by atoms with Gasteiger partial charge in [-0.25, -0.2) is 0 Å². The van der Waals surface area contributed by atoms with Gasteiger partial charge in [0.25, 0.3) is 5.91 Å². The lowest BCUT2D eigenvalue weighted by Gasteiger charge is -2.29. The van der Waals surface area contributed by atoms with Crippen LogP contribution in [0.3, 0.4) is 0 Å². The van der Waals surface area contributed by atoms with Crippen LogP contribution in [0.15, 0.2) is 10.6 Å². The van der Waals surface area contributed by atoms with E-state index in [-0.39, 0.29) is 5.69 Å². The van der Waals surface area contributed by atoms with Gasteiger partial charge in [0.1, 0.15) is 0 Å². The number of piperidine rings is 1. The van der Waals surface area contributed by atoms with E-state index in [9.17, 15) is 4.79 Å². The van der Waals surface area contributed by atoms with Gasteiger partial charge in [0.2, 0.25) is 0 Å². The van der Waals surface area contributed by atoms with Gasteiger partial charge >= 0.3 is 0 Å². The normalized spacial score (nSPS) is 22.2. The molecule has 16 heavy (non-hydrogen) atoms. The van der Waals surface area contributed by atoms with Crippen LogP contribution >= 0.6 is 0 Å². The van der Waals surface area contributed by atoms with E-state index in [1.54, 1.807) is 6.07 Å². The van der Waals surface area contributed by atoms with Gasteiger partial charge in [-0.15, -0.1) is 0 Å². The van der Waals surface area contributed by atoms with Crippen molar-refractivity contribution >= 4 is 5.91 Å². The fourth-order valence-electron chi connectivity index (χ4n) is 2.15. The summed E-state index contributed by atoms with van der Waals surface area (Å²) in [6, 6.07) is 1.63. The Bertz CT molecular complexity index is 375. The van der Waals surface area contributed by atoms with Gasteiger partial charge < -0.3 is 10.3 Å². The summed E-state index contributed by atoms with van der Waals surface area (Å²) in [6.45, 7) is 5.12. The molecule has 1 amide bonds. The van der Waals surface area contributed by atoms with Crippen molar-refractivity contribution < 1.29 is 9.32 Å². The number of amides is 1. The molecule has 0 saturated carbocycles. The second kappa shape index (κ2) is 4.65. The molecule has 1 saturated heterocycles. The van der Waals surface area contributed by atoms with Gasteiger partial charge in [-0.1, -0.05) is 12.1 Å². The fourth-order valence-corrected chi connectivity index (χ4v) is 2.15. The summed E-state index contributed by atoms with van der Waals surface area (Å²) in [5.41, 5.74) is 5.32. The average molecular weight is 223 g/mol. The SMILES string of the molecule is CC1CCCN(Cc2cc(C(N)=O)no2)C1. The van der Waals surface area contributed by atoms with Gasteiger partial charge in [-0.05, 0) is 25.3 Å². The van der Waals surface area contributed by atoms with E-state index in [1.165, 1.54) is 12.8 Å². The van der Waals surface area contributed by atoms with Crippen LogP contribution in [0.5, 0.6) is 0 Å². The summed E-state index contributed by atoms with van der Waals surface area (Å²) < 4.78 is 5.07. The average Bonchev–Trinajstić information content (AvgIpc) is 2.66. The van der Waals surface area contributed by atoms with Crippen LogP contribution < -0.4 is 5.73 Å². The number of rotatable bonds is 3. The Hall–Kier alpha value is -1.36. The van der Waals surface area contributed by atoms with Crippen molar-refractivity contribution in [3.63, 3.8) is 0 Å². The first kappa shape index (κ1) is 11.1. The lowest BCUT2D eigenvalue weighted by atomic mass is 10.0. The van der Waals surface area contributed by atoms with Crippen LogP contribution in [-0.2, 0) is 6.54 Å². The van der Waals surface area contributed by atoms with E-state index in [1.807, 2.05) is 0 Å². The highest BCUT2D eigenvalue weighted by Crippen LogP contribution is 2.17. The molecule has 1 aromatic rings. The number of carbonyl (C=O) groups is 1. The van der Waals surface area contributed by atoms with E-state index in [4.69, 9.17) is 10.3 Å². The first-order valence-electron chi connectivity index (χ1n) is 5.63. The first-order valence-corrected chi connectivity index (χ1v) is 5.63. The molecule has 2 heterocycles. The van der Waals surface area contributed by atoms with Gasteiger partial charge in [0, 0.05) is 12.6 Å². The molecule has 1 aliphatic heterocycles. The highest BCUT2D eigenvalue weighted by Gasteiger charge is 2.18. The Morgan fingerprint density at radius 2 is 2.56 bits per heavy atom. The number of hydrogen-bond acceptors (Lipinski definition) is 4. The third-order valence-electron chi connectivity index (χ3n) is 2.93. The summed E-state index contributed by atoms with van der Waals surface area (Å²) in [6.07, 6.45) is 2.51. The number of aromatic nitrogens is 1. The Morgan fingerprint density at radius 3 is 3.19 bits per heavy atom. The molecule has 1 aliphatic rings. The quantitative estimate of drug-likeness (QED) is 0.829. The monoisotopic (exact) mass is 223 g/mol. The summed E-state index contributed by atoms with van der Waals surface area (Å²) >= 11 is 0. The Labute approximate surface area is 94.6 Å². The van der Waals surface area contributed by atoms with E-state index in [0.717, 1.165) is 19.0 Å². The maximum Gasteiger partial charge on any atom is 0.270 e. The van der Waals surface area contributed by atoms with Crippen LogP contribution in [0.25, 0.3) is 0 Å². The number of primary amides is 1. The van der Waals surface area contributed by atoms with Crippen molar-refractivity contribution in [1.29, 1.82) is 0 Å². The highest BCUT2D eigenvalue weighted by molar-refractivity contribution is 5.90. The Kier molecular flexibility index (Phi) is 3.24. The summed E-state index contributed by atoms with van der Waals surface area (Å²) in [5, 5.41) is 3.62. The molecule has 1 aromatic heterocycles. The largest absolute Gasteiger partial charge is 0.364 e. The van der Waals surface area contributed by atoms with Gasteiger partial charge in [-0.3, -0.25) is 9.69 Å². The molecule has 2 N–H and O–H groups in total. The topological polar surface area (TPSA) is 72.4 Å². The maximum absolute atomic E-state index is 10.8. The molecule has 88 valence electrons. The second-order valence-corrected chi connectivity index (χ2v) is 4.53. The molecule has 0 radical (unpaired) electrons. The molecular formula is C11H17N3O2. The maximum atomic E-state index is 10.8. The van der Waals surface area contributed by atoms with Crippen molar-refractivity contribution in [2.45, 2.75) is 26.3 Å². The van der Waals surface area contributed by atoms with Crippen LogP contribution in [0.4, 0.5) is 0 Å². The Morgan fingerprint density at radius 1 is 1.75 bits per heavy atom. The van der Waals surface area contributed by atoms with E-state index < -0.39 is 5.91 Å². The lowest BCUT2D eigenvalue weighted by Crippen LogP contribution is -2.33. The van der Waals surface area contributed by atoms with Crippen LogP contribution in [-0.4, -0.2) is 29.1 Å². The zero-order valence-electron chi connectivity index (χ0n) is 9.48. The van der Waals surface area contributed by atoms with Crippen molar-refractivity contribution in [2.75, 3.05) is 13.1 Å². The highest BCUT2D eigenvalue weighted by atomic mass is 16.5. The number of carbonyl (C=O) groups excluding carboxylic acids is 1. The van der Waals surface area contributed by atoms with Crippen molar-refractivity contribution in [3.8, 4) is 0 Å². The second-order valence-electron chi connectivity index (χ2n) is 4.53.